The predicted molar refractivity (Wildman–Crippen MR) is 107 cm³/mol. The molecule has 0 atom stereocenters. The van der Waals surface area contributed by atoms with Crippen molar-refractivity contribution in [1.29, 1.82) is 0 Å². The Labute approximate surface area is 164 Å². The summed E-state index contributed by atoms with van der Waals surface area (Å²) in [4.78, 5) is 28.5. The van der Waals surface area contributed by atoms with Crippen molar-refractivity contribution in [2.24, 2.45) is 0 Å². The zero-order valence-corrected chi connectivity index (χ0v) is 16.8. The number of benzene rings is 1. The van der Waals surface area contributed by atoms with E-state index in [0.717, 1.165) is 36.1 Å². The van der Waals surface area contributed by atoms with E-state index in [2.05, 4.69) is 4.90 Å². The third kappa shape index (κ3) is 4.72. The number of hydrogen-bond acceptors (Lipinski definition) is 6. The van der Waals surface area contributed by atoms with E-state index in [1.807, 2.05) is 30.9 Å². The second-order valence-corrected chi connectivity index (χ2v) is 7.08. The highest BCUT2D eigenvalue weighted by Crippen LogP contribution is 2.30. The fraction of sp³-hybridized carbons (Fsp3) is 0.524. The van der Waals surface area contributed by atoms with Crippen molar-refractivity contribution < 1.29 is 18.7 Å². The Kier molecular flexibility index (Phi) is 6.70. The van der Waals surface area contributed by atoms with Crippen LogP contribution in [-0.4, -0.2) is 68.8 Å². The van der Waals surface area contributed by atoms with Crippen LogP contribution in [0.15, 0.2) is 27.4 Å². The second-order valence-electron chi connectivity index (χ2n) is 7.08. The van der Waals surface area contributed by atoms with Crippen molar-refractivity contribution in [3.05, 3.63) is 39.7 Å². The van der Waals surface area contributed by atoms with Gasteiger partial charge in [-0.3, -0.25) is 9.69 Å². The molecule has 0 aliphatic carbocycles. The average molecular weight is 388 g/mol. The molecule has 1 aliphatic heterocycles. The molecule has 152 valence electrons. The molecule has 0 unspecified atom stereocenters. The Morgan fingerprint density at radius 1 is 1.18 bits per heavy atom. The summed E-state index contributed by atoms with van der Waals surface area (Å²) in [5.74, 6) is 0.555. The van der Waals surface area contributed by atoms with Gasteiger partial charge in [-0.05, 0) is 36.6 Å². The second kappa shape index (κ2) is 9.21. The quantitative estimate of drug-likeness (QED) is 0.674. The molecule has 3 rings (SSSR count). The Hall–Kier alpha value is -2.38. The molecule has 0 radical (unpaired) electrons. The van der Waals surface area contributed by atoms with Crippen LogP contribution in [0.2, 0.25) is 0 Å². The molecule has 1 aromatic carbocycles. The maximum Gasteiger partial charge on any atom is 0.336 e. The normalized spacial score (nSPS) is 15.2. The molecule has 1 fully saturated rings. The summed E-state index contributed by atoms with van der Waals surface area (Å²) in [7, 11) is 1.70. The molecule has 7 nitrogen and oxygen atoms in total. The minimum Gasteiger partial charge on any atom is -0.483 e. The molecule has 0 N–H and O–H groups in total. The van der Waals surface area contributed by atoms with Gasteiger partial charge in [-0.15, -0.1) is 0 Å². The number of hydrogen-bond donors (Lipinski definition) is 0. The fourth-order valence-corrected chi connectivity index (χ4v) is 3.53. The van der Waals surface area contributed by atoms with Gasteiger partial charge < -0.3 is 18.8 Å². The number of methoxy groups -OCH3 is 1. The number of rotatable bonds is 7. The summed E-state index contributed by atoms with van der Waals surface area (Å²) in [5, 5.41) is 0.768. The number of amides is 1. The number of ether oxygens (including phenoxy) is 2. The van der Waals surface area contributed by atoms with Crippen LogP contribution >= 0.6 is 0 Å². The minimum absolute atomic E-state index is 0.0289. The highest BCUT2D eigenvalue weighted by molar-refractivity contribution is 5.88. The van der Waals surface area contributed by atoms with E-state index in [-0.39, 0.29) is 18.1 Å². The van der Waals surface area contributed by atoms with Gasteiger partial charge in [0.2, 0.25) is 0 Å². The zero-order chi connectivity index (χ0) is 20.1. The van der Waals surface area contributed by atoms with Crippen molar-refractivity contribution in [2.45, 2.75) is 20.3 Å². The number of piperazine rings is 1. The fourth-order valence-electron chi connectivity index (χ4n) is 3.53. The van der Waals surface area contributed by atoms with Crippen LogP contribution in [0.1, 0.15) is 18.1 Å². The van der Waals surface area contributed by atoms with Gasteiger partial charge >= 0.3 is 5.63 Å². The Balaban J connectivity index is 1.68. The van der Waals surface area contributed by atoms with Gasteiger partial charge in [-0.1, -0.05) is 6.92 Å². The summed E-state index contributed by atoms with van der Waals surface area (Å²) >= 11 is 0. The first-order valence-electron chi connectivity index (χ1n) is 9.71. The van der Waals surface area contributed by atoms with Crippen LogP contribution in [0.4, 0.5) is 0 Å². The molecule has 2 heterocycles. The van der Waals surface area contributed by atoms with Gasteiger partial charge in [-0.2, -0.15) is 0 Å². The zero-order valence-electron chi connectivity index (χ0n) is 16.8. The molecule has 0 spiro atoms. The lowest BCUT2D eigenvalue weighted by molar-refractivity contribution is -0.135. The lowest BCUT2D eigenvalue weighted by Crippen LogP contribution is -2.50. The Bertz CT molecular complexity index is 884. The molecule has 1 aliphatic rings. The number of carbonyl (C=O) groups excluding carboxylic acids is 1. The minimum atomic E-state index is -0.372. The number of carbonyl (C=O) groups is 1. The van der Waals surface area contributed by atoms with E-state index in [1.165, 1.54) is 6.07 Å². The number of aryl methyl sites for hydroxylation is 2. The van der Waals surface area contributed by atoms with Crippen LogP contribution in [0.3, 0.4) is 0 Å². The highest BCUT2D eigenvalue weighted by Gasteiger charge is 2.21. The molecule has 1 saturated heterocycles. The highest BCUT2D eigenvalue weighted by atomic mass is 16.5. The molecular formula is C21H28N2O5. The van der Waals surface area contributed by atoms with Crippen LogP contribution < -0.4 is 10.4 Å². The van der Waals surface area contributed by atoms with Gasteiger partial charge in [0.15, 0.2) is 6.61 Å². The molecule has 0 saturated carbocycles. The number of nitrogens with zero attached hydrogens (tertiary/aromatic N) is 2. The van der Waals surface area contributed by atoms with Crippen molar-refractivity contribution in [1.82, 2.24) is 9.80 Å². The Morgan fingerprint density at radius 2 is 1.93 bits per heavy atom. The molecule has 7 heteroatoms. The van der Waals surface area contributed by atoms with Gasteiger partial charge in [0, 0.05) is 45.9 Å². The molecule has 0 bridgehead atoms. The molecule has 1 amide bonds. The van der Waals surface area contributed by atoms with E-state index in [1.54, 1.807) is 7.11 Å². The topological polar surface area (TPSA) is 72.2 Å². The maximum absolute atomic E-state index is 12.6. The van der Waals surface area contributed by atoms with Crippen LogP contribution in [0.5, 0.6) is 5.75 Å². The lowest BCUT2D eigenvalue weighted by Gasteiger charge is -2.34. The van der Waals surface area contributed by atoms with Gasteiger partial charge in [0.05, 0.1) is 12.0 Å². The van der Waals surface area contributed by atoms with Gasteiger partial charge in [0.1, 0.15) is 11.3 Å². The van der Waals surface area contributed by atoms with Crippen LogP contribution in [0, 0.1) is 6.92 Å². The van der Waals surface area contributed by atoms with E-state index < -0.39 is 0 Å². The van der Waals surface area contributed by atoms with E-state index in [0.29, 0.717) is 37.4 Å². The molecule has 2 aromatic rings. The summed E-state index contributed by atoms with van der Waals surface area (Å²) < 4.78 is 16.4. The maximum atomic E-state index is 12.6. The molecular weight excluding hydrogens is 360 g/mol. The van der Waals surface area contributed by atoms with Crippen molar-refractivity contribution in [3.8, 4) is 5.75 Å². The summed E-state index contributed by atoms with van der Waals surface area (Å²) in [5.41, 5.74) is 1.90. The summed E-state index contributed by atoms with van der Waals surface area (Å²) in [6.07, 6.45) is 0.679. The average Bonchev–Trinajstić information content (AvgIpc) is 2.69. The first-order chi connectivity index (χ1) is 13.5. The third-order valence-electron chi connectivity index (χ3n) is 5.10. The first kappa shape index (κ1) is 20.4. The van der Waals surface area contributed by atoms with Crippen molar-refractivity contribution >= 4 is 16.9 Å². The lowest BCUT2D eigenvalue weighted by atomic mass is 10.1. The number of fused-ring (bicyclic) bond motifs is 1. The smallest absolute Gasteiger partial charge is 0.336 e. The third-order valence-corrected chi connectivity index (χ3v) is 5.10. The van der Waals surface area contributed by atoms with E-state index >= 15 is 0 Å². The molecule has 28 heavy (non-hydrogen) atoms. The van der Waals surface area contributed by atoms with Crippen molar-refractivity contribution in [3.63, 3.8) is 0 Å². The predicted octanol–water partition coefficient (Wildman–Crippen LogP) is 1.83. The largest absolute Gasteiger partial charge is 0.483 e. The van der Waals surface area contributed by atoms with Gasteiger partial charge in [-0.25, -0.2) is 4.79 Å². The monoisotopic (exact) mass is 388 g/mol. The SMILES string of the molecule is CCc1cc(=O)oc2cc(C)cc(OCC(=O)N3CCN(CCOC)CC3)c12. The van der Waals surface area contributed by atoms with E-state index in [4.69, 9.17) is 13.9 Å². The summed E-state index contributed by atoms with van der Waals surface area (Å²) in [6, 6.07) is 5.20. The standard InChI is InChI=1S/C21H28N2O5/c1-4-16-13-20(25)28-18-12-15(2)11-17(21(16)18)27-14-19(24)23-7-5-22(6-8-23)9-10-26-3/h11-13H,4-10,14H2,1-3H3. The van der Waals surface area contributed by atoms with Crippen LogP contribution in [0.25, 0.3) is 11.0 Å². The van der Waals surface area contributed by atoms with Gasteiger partial charge in [0.25, 0.3) is 5.91 Å². The van der Waals surface area contributed by atoms with Crippen molar-refractivity contribution in [2.75, 3.05) is 53.0 Å². The summed E-state index contributed by atoms with van der Waals surface area (Å²) in [6.45, 7) is 8.51. The van der Waals surface area contributed by atoms with Crippen LogP contribution in [-0.2, 0) is 16.0 Å². The molecule has 1 aromatic heterocycles. The Morgan fingerprint density at radius 3 is 2.61 bits per heavy atom. The van der Waals surface area contributed by atoms with E-state index in [9.17, 15) is 9.59 Å². The first-order valence-corrected chi connectivity index (χ1v) is 9.71.